The number of carbonyl (C=O) groups is 2. The molecule has 0 heterocycles. The average molecular weight is 255 g/mol. The van der Waals surface area contributed by atoms with Crippen molar-refractivity contribution in [2.75, 3.05) is 19.6 Å². The maximum absolute atomic E-state index is 11.9. The molecule has 5 heteroatoms. The first kappa shape index (κ1) is 15.0. The van der Waals surface area contributed by atoms with Gasteiger partial charge in [0.2, 0.25) is 11.8 Å². The molecule has 1 rings (SSSR count). The van der Waals surface area contributed by atoms with Gasteiger partial charge in [-0.05, 0) is 38.1 Å². The highest BCUT2D eigenvalue weighted by Crippen LogP contribution is 2.28. The molecule has 1 aliphatic carbocycles. The minimum atomic E-state index is -0.114. The minimum absolute atomic E-state index is 0.000187. The number of hydrogen-bond donors (Lipinski definition) is 3. The summed E-state index contributed by atoms with van der Waals surface area (Å²) < 4.78 is 0. The van der Waals surface area contributed by atoms with Gasteiger partial charge in [0.1, 0.15) is 0 Å². The first-order valence-electron chi connectivity index (χ1n) is 6.91. The standard InChI is InChI=1S/C13H25N3O2/c1-2-6-15-12(17)9-16-13(18)11-5-3-4-10(7-11)8-14/h10-11H,2-9,14H2,1H3,(H,15,17)(H,16,18). The van der Waals surface area contributed by atoms with Gasteiger partial charge in [-0.15, -0.1) is 0 Å². The Bertz CT molecular complexity index is 281. The Kier molecular flexibility index (Phi) is 6.72. The van der Waals surface area contributed by atoms with Crippen LogP contribution < -0.4 is 16.4 Å². The molecule has 0 aromatic carbocycles. The van der Waals surface area contributed by atoms with Crippen molar-refractivity contribution >= 4 is 11.8 Å². The van der Waals surface area contributed by atoms with E-state index in [1.165, 1.54) is 0 Å². The van der Waals surface area contributed by atoms with E-state index in [1.807, 2.05) is 6.92 Å². The monoisotopic (exact) mass is 255 g/mol. The molecular formula is C13H25N3O2. The van der Waals surface area contributed by atoms with Crippen LogP contribution in [0.1, 0.15) is 39.0 Å². The SMILES string of the molecule is CCCNC(=O)CNC(=O)C1CCCC(CN)C1. The second-order valence-electron chi connectivity index (χ2n) is 5.03. The predicted molar refractivity (Wildman–Crippen MR) is 70.8 cm³/mol. The van der Waals surface area contributed by atoms with Crippen molar-refractivity contribution in [3.05, 3.63) is 0 Å². The summed E-state index contributed by atoms with van der Waals surface area (Å²) in [5.41, 5.74) is 5.65. The molecule has 0 saturated heterocycles. The maximum atomic E-state index is 11.9. The first-order chi connectivity index (χ1) is 8.67. The predicted octanol–water partition coefficient (Wildman–Crippen LogP) is 0.394. The van der Waals surface area contributed by atoms with E-state index in [0.717, 1.165) is 32.1 Å². The molecule has 2 atom stereocenters. The summed E-state index contributed by atoms with van der Waals surface area (Å²) in [7, 11) is 0. The highest BCUT2D eigenvalue weighted by molar-refractivity contribution is 5.85. The van der Waals surface area contributed by atoms with Crippen LogP contribution in [0.25, 0.3) is 0 Å². The highest BCUT2D eigenvalue weighted by Gasteiger charge is 2.26. The second kappa shape index (κ2) is 8.08. The molecule has 4 N–H and O–H groups in total. The molecule has 1 fully saturated rings. The Morgan fingerprint density at radius 2 is 2.06 bits per heavy atom. The van der Waals surface area contributed by atoms with E-state index in [9.17, 15) is 9.59 Å². The molecule has 5 nitrogen and oxygen atoms in total. The molecule has 0 radical (unpaired) electrons. The summed E-state index contributed by atoms with van der Waals surface area (Å²) in [5.74, 6) is 0.380. The van der Waals surface area contributed by atoms with Gasteiger partial charge in [-0.3, -0.25) is 9.59 Å². The van der Waals surface area contributed by atoms with E-state index < -0.39 is 0 Å². The first-order valence-corrected chi connectivity index (χ1v) is 6.91. The lowest BCUT2D eigenvalue weighted by Gasteiger charge is -2.27. The van der Waals surface area contributed by atoms with Crippen molar-refractivity contribution in [3.63, 3.8) is 0 Å². The number of nitrogens with two attached hydrogens (primary N) is 1. The molecule has 2 amide bonds. The molecule has 0 aromatic rings. The van der Waals surface area contributed by atoms with E-state index in [-0.39, 0.29) is 24.3 Å². The summed E-state index contributed by atoms with van der Waals surface area (Å²) >= 11 is 0. The molecule has 0 aromatic heterocycles. The van der Waals surface area contributed by atoms with Crippen LogP contribution in [-0.2, 0) is 9.59 Å². The van der Waals surface area contributed by atoms with Crippen LogP contribution in [0.15, 0.2) is 0 Å². The van der Waals surface area contributed by atoms with Crippen LogP contribution in [0.2, 0.25) is 0 Å². The fourth-order valence-electron chi connectivity index (χ4n) is 2.38. The van der Waals surface area contributed by atoms with Crippen LogP contribution in [0.3, 0.4) is 0 Å². The number of rotatable bonds is 6. The third kappa shape index (κ3) is 5.04. The number of nitrogens with one attached hydrogen (secondary N) is 2. The number of amides is 2. The molecule has 1 aliphatic rings. The van der Waals surface area contributed by atoms with Gasteiger partial charge in [0, 0.05) is 12.5 Å². The summed E-state index contributed by atoms with van der Waals surface area (Å²) in [6.07, 6.45) is 4.86. The lowest BCUT2D eigenvalue weighted by Crippen LogP contribution is -2.41. The van der Waals surface area contributed by atoms with Crippen molar-refractivity contribution in [3.8, 4) is 0 Å². The number of hydrogen-bond acceptors (Lipinski definition) is 3. The Hall–Kier alpha value is -1.10. The van der Waals surface area contributed by atoms with Gasteiger partial charge in [0.15, 0.2) is 0 Å². The van der Waals surface area contributed by atoms with Crippen molar-refractivity contribution in [1.29, 1.82) is 0 Å². The van der Waals surface area contributed by atoms with Crippen molar-refractivity contribution in [2.24, 2.45) is 17.6 Å². The zero-order chi connectivity index (χ0) is 13.4. The molecule has 2 unspecified atom stereocenters. The zero-order valence-corrected chi connectivity index (χ0v) is 11.2. The Labute approximate surface area is 109 Å². The quantitative estimate of drug-likeness (QED) is 0.642. The van der Waals surface area contributed by atoms with E-state index in [0.29, 0.717) is 19.0 Å². The van der Waals surface area contributed by atoms with Crippen LogP contribution in [0.5, 0.6) is 0 Å². The normalized spacial score (nSPS) is 23.4. The van der Waals surface area contributed by atoms with Crippen LogP contribution in [0.4, 0.5) is 0 Å². The third-order valence-corrected chi connectivity index (χ3v) is 3.48. The Morgan fingerprint density at radius 1 is 1.28 bits per heavy atom. The van der Waals surface area contributed by atoms with Crippen molar-refractivity contribution in [2.45, 2.75) is 39.0 Å². The summed E-state index contributed by atoms with van der Waals surface area (Å²) in [5, 5.41) is 5.45. The van der Waals surface area contributed by atoms with Gasteiger partial charge in [0.05, 0.1) is 6.54 Å². The molecule has 0 bridgehead atoms. The molecule has 104 valence electrons. The van der Waals surface area contributed by atoms with Crippen molar-refractivity contribution in [1.82, 2.24) is 10.6 Å². The molecule has 0 aliphatic heterocycles. The highest BCUT2D eigenvalue weighted by atomic mass is 16.2. The fourth-order valence-corrected chi connectivity index (χ4v) is 2.38. The van der Waals surface area contributed by atoms with Crippen LogP contribution >= 0.6 is 0 Å². The minimum Gasteiger partial charge on any atom is -0.355 e. The fraction of sp³-hybridized carbons (Fsp3) is 0.846. The van der Waals surface area contributed by atoms with E-state index in [1.54, 1.807) is 0 Å². The molecular weight excluding hydrogens is 230 g/mol. The van der Waals surface area contributed by atoms with Gasteiger partial charge < -0.3 is 16.4 Å². The second-order valence-corrected chi connectivity index (χ2v) is 5.03. The molecule has 0 spiro atoms. The molecule has 1 saturated carbocycles. The molecule has 18 heavy (non-hydrogen) atoms. The maximum Gasteiger partial charge on any atom is 0.239 e. The van der Waals surface area contributed by atoms with Crippen molar-refractivity contribution < 1.29 is 9.59 Å². The lowest BCUT2D eigenvalue weighted by molar-refractivity contribution is -0.129. The van der Waals surface area contributed by atoms with Gasteiger partial charge in [-0.1, -0.05) is 13.3 Å². The average Bonchev–Trinajstić information content (AvgIpc) is 2.42. The van der Waals surface area contributed by atoms with Gasteiger partial charge in [-0.2, -0.15) is 0 Å². The summed E-state index contributed by atoms with van der Waals surface area (Å²) in [6, 6.07) is 0. The van der Waals surface area contributed by atoms with Gasteiger partial charge >= 0.3 is 0 Å². The zero-order valence-electron chi connectivity index (χ0n) is 11.2. The largest absolute Gasteiger partial charge is 0.355 e. The van der Waals surface area contributed by atoms with Crippen LogP contribution in [0, 0.1) is 11.8 Å². The summed E-state index contributed by atoms with van der Waals surface area (Å²) in [4.78, 5) is 23.3. The van der Waals surface area contributed by atoms with Gasteiger partial charge in [-0.25, -0.2) is 0 Å². The smallest absolute Gasteiger partial charge is 0.239 e. The van der Waals surface area contributed by atoms with E-state index in [4.69, 9.17) is 5.73 Å². The van der Waals surface area contributed by atoms with E-state index in [2.05, 4.69) is 10.6 Å². The Morgan fingerprint density at radius 3 is 2.72 bits per heavy atom. The third-order valence-electron chi connectivity index (χ3n) is 3.48. The lowest BCUT2D eigenvalue weighted by atomic mass is 9.81. The number of carbonyl (C=O) groups excluding carboxylic acids is 2. The summed E-state index contributed by atoms with van der Waals surface area (Å²) in [6.45, 7) is 3.39. The van der Waals surface area contributed by atoms with Crippen LogP contribution in [-0.4, -0.2) is 31.4 Å². The van der Waals surface area contributed by atoms with Gasteiger partial charge in [0.25, 0.3) is 0 Å². The Balaban J connectivity index is 2.25. The van der Waals surface area contributed by atoms with E-state index >= 15 is 0 Å². The topological polar surface area (TPSA) is 84.2 Å².